The number of benzene rings is 1. The van der Waals surface area contributed by atoms with Gasteiger partial charge in [0.25, 0.3) is 0 Å². The molecular formula is C15H20N2O. The average Bonchev–Trinajstić information content (AvgIpc) is 2.90. The minimum Gasteiger partial charge on any atom is -0.476 e. The molecule has 1 aliphatic rings. The molecule has 0 saturated carbocycles. The maximum atomic E-state index is 6.27. The van der Waals surface area contributed by atoms with E-state index >= 15 is 0 Å². The summed E-state index contributed by atoms with van der Waals surface area (Å²) in [6, 6.07) is 8.25. The molecule has 1 aliphatic heterocycles. The number of hydrogen-bond acceptors (Lipinski definition) is 3. The zero-order valence-electron chi connectivity index (χ0n) is 11.1. The molecule has 0 spiro atoms. The Hall–Kier alpha value is -1.77. The fourth-order valence-electron chi connectivity index (χ4n) is 2.03. The third kappa shape index (κ3) is 2.73. The molecule has 1 aromatic rings. The highest BCUT2D eigenvalue weighted by atomic mass is 16.5. The van der Waals surface area contributed by atoms with Gasteiger partial charge in [-0.25, -0.2) is 4.99 Å². The molecule has 3 nitrogen and oxygen atoms in total. The maximum Gasteiger partial charge on any atom is 0.214 e. The van der Waals surface area contributed by atoms with Crippen LogP contribution in [-0.4, -0.2) is 19.0 Å². The molecule has 18 heavy (non-hydrogen) atoms. The van der Waals surface area contributed by atoms with E-state index in [9.17, 15) is 0 Å². The van der Waals surface area contributed by atoms with Crippen molar-refractivity contribution < 1.29 is 4.74 Å². The number of ether oxygens (including phenoxy) is 1. The number of nitrogens with two attached hydrogens (primary N) is 1. The second kappa shape index (κ2) is 5.71. The van der Waals surface area contributed by atoms with Crippen LogP contribution in [0.1, 0.15) is 30.9 Å². The highest BCUT2D eigenvalue weighted by Crippen LogP contribution is 2.21. The molecule has 0 amide bonds. The monoisotopic (exact) mass is 244 g/mol. The molecule has 0 radical (unpaired) electrons. The summed E-state index contributed by atoms with van der Waals surface area (Å²) in [5.74, 6) is 0.731. The molecule has 2 N–H and O–H groups in total. The number of aliphatic imine (C=N–C) groups is 1. The number of aryl methyl sites for hydroxylation is 1. The Kier molecular flexibility index (Phi) is 4.03. The first kappa shape index (κ1) is 12.7. The van der Waals surface area contributed by atoms with E-state index in [-0.39, 0.29) is 0 Å². The van der Waals surface area contributed by atoms with Gasteiger partial charge >= 0.3 is 0 Å². The first-order chi connectivity index (χ1) is 8.72. The van der Waals surface area contributed by atoms with E-state index in [1.807, 2.05) is 0 Å². The predicted molar refractivity (Wildman–Crippen MR) is 75.4 cm³/mol. The second-order valence-corrected chi connectivity index (χ2v) is 4.54. The second-order valence-electron chi connectivity index (χ2n) is 4.54. The molecule has 2 rings (SSSR count). The molecule has 1 heterocycles. The van der Waals surface area contributed by atoms with Gasteiger partial charge in [0.2, 0.25) is 5.90 Å². The largest absolute Gasteiger partial charge is 0.476 e. The molecule has 0 bridgehead atoms. The Bertz CT molecular complexity index is 472. The van der Waals surface area contributed by atoms with E-state index in [1.165, 1.54) is 5.56 Å². The molecule has 1 aromatic carbocycles. The summed E-state index contributed by atoms with van der Waals surface area (Å²) in [5, 5.41) is 0. The van der Waals surface area contributed by atoms with Crippen molar-refractivity contribution in [1.29, 1.82) is 0 Å². The van der Waals surface area contributed by atoms with E-state index in [2.05, 4.69) is 43.1 Å². The summed E-state index contributed by atoms with van der Waals surface area (Å²) < 4.78 is 5.55. The van der Waals surface area contributed by atoms with E-state index in [0.717, 1.165) is 42.1 Å². The lowest BCUT2D eigenvalue weighted by atomic mass is 10.0. The molecule has 0 atom stereocenters. The Morgan fingerprint density at radius 1 is 1.33 bits per heavy atom. The van der Waals surface area contributed by atoms with E-state index in [4.69, 9.17) is 10.5 Å². The highest BCUT2D eigenvalue weighted by Gasteiger charge is 2.16. The summed E-state index contributed by atoms with van der Waals surface area (Å²) in [4.78, 5) is 4.38. The quantitative estimate of drug-likeness (QED) is 0.885. The fourth-order valence-corrected chi connectivity index (χ4v) is 2.03. The van der Waals surface area contributed by atoms with Crippen molar-refractivity contribution in [1.82, 2.24) is 0 Å². The smallest absolute Gasteiger partial charge is 0.214 e. The fraction of sp³-hybridized carbons (Fsp3) is 0.400. The van der Waals surface area contributed by atoms with Crippen LogP contribution in [0.2, 0.25) is 0 Å². The predicted octanol–water partition coefficient (Wildman–Crippen LogP) is 2.89. The van der Waals surface area contributed by atoms with Crippen LogP contribution >= 0.6 is 0 Å². The molecule has 0 fully saturated rings. The van der Waals surface area contributed by atoms with Crippen LogP contribution in [0.5, 0.6) is 0 Å². The van der Waals surface area contributed by atoms with Crippen molar-refractivity contribution in [3.05, 3.63) is 41.0 Å². The molecular weight excluding hydrogens is 224 g/mol. The normalized spacial score (nSPS) is 16.0. The van der Waals surface area contributed by atoms with E-state index in [0.29, 0.717) is 6.61 Å². The lowest BCUT2D eigenvalue weighted by Gasteiger charge is -2.11. The van der Waals surface area contributed by atoms with Gasteiger partial charge in [-0.3, -0.25) is 0 Å². The van der Waals surface area contributed by atoms with Crippen molar-refractivity contribution in [3.63, 3.8) is 0 Å². The van der Waals surface area contributed by atoms with Crippen LogP contribution in [0.4, 0.5) is 0 Å². The van der Waals surface area contributed by atoms with Crippen LogP contribution < -0.4 is 5.73 Å². The summed E-state index contributed by atoms with van der Waals surface area (Å²) in [6.45, 7) is 5.62. The number of rotatable bonds is 4. The minimum absolute atomic E-state index is 0.670. The summed E-state index contributed by atoms with van der Waals surface area (Å²) in [7, 11) is 0. The van der Waals surface area contributed by atoms with Gasteiger partial charge < -0.3 is 10.5 Å². The average molecular weight is 244 g/mol. The first-order valence-corrected chi connectivity index (χ1v) is 6.45. The Labute approximate surface area is 108 Å². The standard InChI is InChI=1S/C15H20N2O/c1-3-4-13(15-17-9-10-18-15)14(16)12-7-5-11(2)6-8-12/h5-8H,3-4,9-10,16H2,1-2H3/b14-13+. The van der Waals surface area contributed by atoms with Crippen LogP contribution in [0, 0.1) is 6.92 Å². The van der Waals surface area contributed by atoms with E-state index < -0.39 is 0 Å². The van der Waals surface area contributed by atoms with Gasteiger partial charge in [-0.2, -0.15) is 0 Å². The zero-order valence-corrected chi connectivity index (χ0v) is 11.1. The van der Waals surface area contributed by atoms with Crippen LogP contribution in [-0.2, 0) is 4.74 Å². The van der Waals surface area contributed by atoms with Gasteiger partial charge in [0.05, 0.1) is 6.54 Å². The van der Waals surface area contributed by atoms with Gasteiger partial charge in [0.15, 0.2) is 0 Å². The molecule has 96 valence electrons. The first-order valence-electron chi connectivity index (χ1n) is 6.45. The van der Waals surface area contributed by atoms with Gasteiger partial charge in [0.1, 0.15) is 6.61 Å². The van der Waals surface area contributed by atoms with Crippen LogP contribution in [0.15, 0.2) is 34.8 Å². The summed E-state index contributed by atoms with van der Waals surface area (Å²) >= 11 is 0. The zero-order chi connectivity index (χ0) is 13.0. The number of nitrogens with zero attached hydrogens (tertiary/aromatic N) is 1. The maximum absolute atomic E-state index is 6.27. The summed E-state index contributed by atoms with van der Waals surface area (Å²) in [5.41, 5.74) is 10.4. The molecule has 3 heteroatoms. The van der Waals surface area contributed by atoms with Gasteiger partial charge in [0, 0.05) is 11.3 Å². The Morgan fingerprint density at radius 2 is 2.06 bits per heavy atom. The summed E-state index contributed by atoms with van der Waals surface area (Å²) in [6.07, 6.45) is 1.93. The van der Waals surface area contributed by atoms with Gasteiger partial charge in [-0.1, -0.05) is 43.2 Å². The SMILES string of the molecule is CCC/C(C1=NCCO1)=C(\N)c1ccc(C)cc1. The lowest BCUT2D eigenvalue weighted by molar-refractivity contribution is 0.346. The highest BCUT2D eigenvalue weighted by molar-refractivity contribution is 6.01. The van der Waals surface area contributed by atoms with Crippen molar-refractivity contribution >= 4 is 11.6 Å². The topological polar surface area (TPSA) is 47.6 Å². The Balaban J connectivity index is 2.36. The molecule has 0 aromatic heterocycles. The minimum atomic E-state index is 0.670. The van der Waals surface area contributed by atoms with Crippen molar-refractivity contribution in [2.75, 3.05) is 13.2 Å². The van der Waals surface area contributed by atoms with Gasteiger partial charge in [-0.15, -0.1) is 0 Å². The molecule has 0 saturated heterocycles. The molecule has 0 aliphatic carbocycles. The van der Waals surface area contributed by atoms with Crippen LogP contribution in [0.25, 0.3) is 5.70 Å². The van der Waals surface area contributed by atoms with Crippen molar-refractivity contribution in [2.24, 2.45) is 10.7 Å². The van der Waals surface area contributed by atoms with Gasteiger partial charge in [-0.05, 0) is 18.9 Å². The Morgan fingerprint density at radius 3 is 2.61 bits per heavy atom. The van der Waals surface area contributed by atoms with Crippen molar-refractivity contribution in [3.8, 4) is 0 Å². The third-order valence-corrected chi connectivity index (χ3v) is 3.03. The van der Waals surface area contributed by atoms with Crippen molar-refractivity contribution in [2.45, 2.75) is 26.7 Å². The molecule has 0 unspecified atom stereocenters. The number of hydrogen-bond donors (Lipinski definition) is 1. The third-order valence-electron chi connectivity index (χ3n) is 3.03. The van der Waals surface area contributed by atoms with Crippen LogP contribution in [0.3, 0.4) is 0 Å². The van der Waals surface area contributed by atoms with E-state index in [1.54, 1.807) is 0 Å². The lowest BCUT2D eigenvalue weighted by Crippen LogP contribution is -2.11.